The summed E-state index contributed by atoms with van der Waals surface area (Å²) in [5.41, 5.74) is 2.57. The van der Waals surface area contributed by atoms with Gasteiger partial charge in [0.2, 0.25) is 5.91 Å². The number of anilines is 1. The van der Waals surface area contributed by atoms with Gasteiger partial charge in [-0.3, -0.25) is 4.79 Å². The van der Waals surface area contributed by atoms with Gasteiger partial charge in [-0.1, -0.05) is 47.6 Å². The van der Waals surface area contributed by atoms with Crippen molar-refractivity contribution in [1.82, 2.24) is 4.98 Å². The first-order valence-corrected chi connectivity index (χ1v) is 10.3. The molecule has 0 saturated carbocycles. The number of carbonyl (C=O) groups excluding carboxylic acids is 1. The summed E-state index contributed by atoms with van der Waals surface area (Å²) in [6.45, 7) is 2.46. The largest absolute Gasteiger partial charge is 0.492 e. The summed E-state index contributed by atoms with van der Waals surface area (Å²) in [6.07, 6.45) is 0. The second kappa shape index (κ2) is 9.07. The normalized spacial score (nSPS) is 10.5. The lowest BCUT2D eigenvalue weighted by Gasteiger charge is -2.10. The van der Waals surface area contributed by atoms with E-state index in [0.29, 0.717) is 23.1 Å². The number of halogens is 1. The summed E-state index contributed by atoms with van der Waals surface area (Å²) >= 11 is 8.85. The SMILES string of the molecule is CCOc1ccccc1NC(=O)CSc1nc(-c2ccc(Cl)cc2)cs1. The van der Waals surface area contributed by atoms with Gasteiger partial charge in [0.15, 0.2) is 4.34 Å². The minimum atomic E-state index is -0.0922. The molecule has 26 heavy (non-hydrogen) atoms. The molecule has 3 aromatic rings. The molecule has 2 aromatic carbocycles. The smallest absolute Gasteiger partial charge is 0.234 e. The summed E-state index contributed by atoms with van der Waals surface area (Å²) in [5.74, 6) is 0.867. The molecule has 0 fully saturated rings. The number of hydrogen-bond donors (Lipinski definition) is 1. The van der Waals surface area contributed by atoms with Gasteiger partial charge in [0, 0.05) is 16.0 Å². The molecule has 0 unspecified atom stereocenters. The Kier molecular flexibility index (Phi) is 6.55. The molecular weight excluding hydrogens is 388 g/mol. The Hall–Kier alpha value is -2.02. The number of nitrogens with one attached hydrogen (secondary N) is 1. The van der Waals surface area contributed by atoms with Crippen molar-refractivity contribution >= 4 is 46.3 Å². The zero-order chi connectivity index (χ0) is 18.4. The summed E-state index contributed by atoms with van der Waals surface area (Å²) in [7, 11) is 0. The number of thiazole rings is 1. The molecule has 134 valence electrons. The number of benzene rings is 2. The highest BCUT2D eigenvalue weighted by molar-refractivity contribution is 8.01. The molecule has 3 rings (SSSR count). The maximum absolute atomic E-state index is 12.2. The van der Waals surface area contributed by atoms with Crippen LogP contribution in [0.25, 0.3) is 11.3 Å². The monoisotopic (exact) mass is 404 g/mol. The third-order valence-corrected chi connectivity index (χ3v) is 5.68. The first-order chi connectivity index (χ1) is 12.7. The number of nitrogens with zero attached hydrogens (tertiary/aromatic N) is 1. The second-order valence-corrected chi connectivity index (χ2v) is 7.79. The van der Waals surface area contributed by atoms with Gasteiger partial charge in [0.1, 0.15) is 5.75 Å². The minimum Gasteiger partial charge on any atom is -0.492 e. The van der Waals surface area contributed by atoms with Crippen LogP contribution in [0.2, 0.25) is 5.02 Å². The van der Waals surface area contributed by atoms with Crippen molar-refractivity contribution in [2.24, 2.45) is 0 Å². The molecule has 1 N–H and O–H groups in total. The van der Waals surface area contributed by atoms with Crippen molar-refractivity contribution in [1.29, 1.82) is 0 Å². The van der Waals surface area contributed by atoms with Crippen molar-refractivity contribution < 1.29 is 9.53 Å². The Morgan fingerprint density at radius 2 is 2.00 bits per heavy atom. The predicted octanol–water partition coefficient (Wildman–Crippen LogP) is 5.59. The van der Waals surface area contributed by atoms with Gasteiger partial charge >= 0.3 is 0 Å². The first-order valence-electron chi connectivity index (χ1n) is 8.01. The van der Waals surface area contributed by atoms with Crippen molar-refractivity contribution in [3.05, 3.63) is 58.9 Å². The highest BCUT2D eigenvalue weighted by atomic mass is 35.5. The van der Waals surface area contributed by atoms with Crippen LogP contribution in [0, 0.1) is 0 Å². The van der Waals surface area contributed by atoms with Crippen molar-refractivity contribution in [3.8, 4) is 17.0 Å². The van der Waals surface area contributed by atoms with Crippen LogP contribution in [-0.2, 0) is 4.79 Å². The number of thioether (sulfide) groups is 1. The predicted molar refractivity (Wildman–Crippen MR) is 110 cm³/mol. The molecule has 0 aliphatic rings. The summed E-state index contributed by atoms with van der Waals surface area (Å²) in [4.78, 5) is 16.8. The van der Waals surface area contributed by atoms with Gasteiger partial charge < -0.3 is 10.1 Å². The molecule has 4 nitrogen and oxygen atoms in total. The molecule has 7 heteroatoms. The Morgan fingerprint density at radius 1 is 1.23 bits per heavy atom. The van der Waals surface area contributed by atoms with E-state index in [-0.39, 0.29) is 11.7 Å². The molecule has 0 radical (unpaired) electrons. The molecule has 0 spiro atoms. The Morgan fingerprint density at radius 3 is 2.77 bits per heavy atom. The lowest BCUT2D eigenvalue weighted by Crippen LogP contribution is -2.14. The Labute approximate surface area is 165 Å². The molecular formula is C19H17ClN2O2S2. The zero-order valence-corrected chi connectivity index (χ0v) is 16.5. The van der Waals surface area contributed by atoms with E-state index in [0.717, 1.165) is 15.6 Å². The summed E-state index contributed by atoms with van der Waals surface area (Å²) < 4.78 is 6.37. The van der Waals surface area contributed by atoms with Crippen molar-refractivity contribution in [2.75, 3.05) is 17.7 Å². The molecule has 0 bridgehead atoms. The highest BCUT2D eigenvalue weighted by Gasteiger charge is 2.10. The van der Waals surface area contributed by atoms with E-state index in [1.165, 1.54) is 23.1 Å². The average molecular weight is 405 g/mol. The highest BCUT2D eigenvalue weighted by Crippen LogP contribution is 2.29. The number of ether oxygens (including phenoxy) is 1. The number of amides is 1. The zero-order valence-electron chi connectivity index (χ0n) is 14.1. The van der Waals surface area contributed by atoms with Crippen LogP contribution in [0.3, 0.4) is 0 Å². The van der Waals surface area contributed by atoms with Crippen LogP contribution in [-0.4, -0.2) is 23.3 Å². The van der Waals surface area contributed by atoms with Crippen LogP contribution >= 0.6 is 34.7 Å². The van der Waals surface area contributed by atoms with E-state index in [4.69, 9.17) is 16.3 Å². The van der Waals surface area contributed by atoms with E-state index in [9.17, 15) is 4.79 Å². The third kappa shape index (κ3) is 5.00. The third-order valence-electron chi connectivity index (χ3n) is 3.41. The molecule has 1 heterocycles. The molecule has 0 aliphatic carbocycles. The number of hydrogen-bond acceptors (Lipinski definition) is 5. The van der Waals surface area contributed by atoms with Crippen LogP contribution < -0.4 is 10.1 Å². The topological polar surface area (TPSA) is 51.2 Å². The van der Waals surface area contributed by atoms with E-state index >= 15 is 0 Å². The van der Waals surface area contributed by atoms with Gasteiger partial charge in [-0.15, -0.1) is 11.3 Å². The number of rotatable bonds is 7. The second-order valence-electron chi connectivity index (χ2n) is 5.27. The van der Waals surface area contributed by atoms with Crippen LogP contribution in [0.1, 0.15) is 6.92 Å². The summed E-state index contributed by atoms with van der Waals surface area (Å²) in [6, 6.07) is 15.0. The fourth-order valence-electron chi connectivity index (χ4n) is 2.24. The fraction of sp³-hybridized carbons (Fsp3) is 0.158. The van der Waals surface area contributed by atoms with E-state index in [1.54, 1.807) is 0 Å². The lowest BCUT2D eigenvalue weighted by atomic mass is 10.2. The van der Waals surface area contributed by atoms with Crippen molar-refractivity contribution in [3.63, 3.8) is 0 Å². The standard InChI is InChI=1S/C19H17ClN2O2S2/c1-2-24-17-6-4-3-5-15(17)21-18(23)12-26-19-22-16(11-25-19)13-7-9-14(20)10-8-13/h3-11H,2,12H2,1H3,(H,21,23). The fourth-order valence-corrected chi connectivity index (χ4v) is 4.00. The van der Waals surface area contributed by atoms with Gasteiger partial charge in [-0.2, -0.15) is 0 Å². The van der Waals surface area contributed by atoms with Gasteiger partial charge in [0.25, 0.3) is 0 Å². The molecule has 0 atom stereocenters. The quantitative estimate of drug-likeness (QED) is 0.521. The molecule has 0 saturated heterocycles. The first kappa shape index (κ1) is 18.8. The molecule has 1 amide bonds. The van der Waals surface area contributed by atoms with Crippen LogP contribution in [0.15, 0.2) is 58.3 Å². The maximum atomic E-state index is 12.2. The van der Waals surface area contributed by atoms with Crippen LogP contribution in [0.4, 0.5) is 5.69 Å². The number of para-hydroxylation sites is 2. The lowest BCUT2D eigenvalue weighted by molar-refractivity contribution is -0.113. The Bertz CT molecular complexity index is 881. The molecule has 0 aliphatic heterocycles. The molecule has 1 aromatic heterocycles. The van der Waals surface area contributed by atoms with Crippen molar-refractivity contribution in [2.45, 2.75) is 11.3 Å². The van der Waals surface area contributed by atoms with E-state index < -0.39 is 0 Å². The maximum Gasteiger partial charge on any atom is 0.234 e. The van der Waals surface area contributed by atoms with Gasteiger partial charge in [0.05, 0.1) is 23.7 Å². The number of aromatic nitrogens is 1. The Balaban J connectivity index is 1.58. The van der Waals surface area contributed by atoms with Gasteiger partial charge in [-0.25, -0.2) is 4.98 Å². The van der Waals surface area contributed by atoms with E-state index in [2.05, 4.69) is 10.3 Å². The van der Waals surface area contributed by atoms with Gasteiger partial charge in [-0.05, 0) is 31.2 Å². The average Bonchev–Trinajstić information content (AvgIpc) is 3.11. The van der Waals surface area contributed by atoms with E-state index in [1.807, 2.05) is 60.8 Å². The van der Waals surface area contributed by atoms with Crippen LogP contribution in [0.5, 0.6) is 5.75 Å². The minimum absolute atomic E-state index is 0.0922. The summed E-state index contributed by atoms with van der Waals surface area (Å²) in [5, 5.41) is 5.56. The number of carbonyl (C=O) groups is 1.